The van der Waals surface area contributed by atoms with Gasteiger partial charge in [0.15, 0.2) is 0 Å². The van der Waals surface area contributed by atoms with Crippen molar-refractivity contribution >= 4 is 30.1 Å². The van der Waals surface area contributed by atoms with E-state index in [1.165, 1.54) is 21.5 Å². The van der Waals surface area contributed by atoms with Gasteiger partial charge in [0.25, 0.3) is 0 Å². The van der Waals surface area contributed by atoms with Crippen LogP contribution in [0.5, 0.6) is 0 Å². The van der Waals surface area contributed by atoms with Gasteiger partial charge < -0.3 is 0 Å². The van der Waals surface area contributed by atoms with E-state index in [1.54, 1.807) is 0 Å². The molecule has 0 heterocycles. The van der Waals surface area contributed by atoms with E-state index >= 15 is 0 Å². The molecule has 4 rings (SSSR count). The van der Waals surface area contributed by atoms with E-state index in [4.69, 9.17) is 0 Å². The quantitative estimate of drug-likeness (QED) is 0.348. The molecule has 0 unspecified atom stereocenters. The zero-order valence-corrected chi connectivity index (χ0v) is 16.8. The van der Waals surface area contributed by atoms with Crippen molar-refractivity contribution in [3.63, 3.8) is 0 Å². The predicted molar refractivity (Wildman–Crippen MR) is 122 cm³/mol. The van der Waals surface area contributed by atoms with Crippen molar-refractivity contribution in [2.75, 3.05) is 0 Å². The minimum atomic E-state index is -0.446. The lowest BCUT2D eigenvalue weighted by Crippen LogP contribution is -2.20. The molecule has 0 N–H and O–H groups in total. The summed E-state index contributed by atoms with van der Waals surface area (Å²) >= 11 is 0. The van der Waals surface area contributed by atoms with E-state index in [2.05, 4.69) is 91.0 Å². The second kappa shape index (κ2) is 10.3. The van der Waals surface area contributed by atoms with Gasteiger partial charge in [0.1, 0.15) is 6.29 Å². The average molecular weight is 382 g/mol. The minimum Gasteiger partial charge on any atom is -0.298 e. The zero-order valence-electron chi connectivity index (χ0n) is 15.9. The first-order valence-corrected chi connectivity index (χ1v) is 10.6. The van der Waals surface area contributed by atoms with Gasteiger partial charge in [-0.05, 0) is 30.8 Å². The summed E-state index contributed by atoms with van der Waals surface area (Å²) in [6, 6.07) is 39.8. The third-order valence-corrected chi connectivity index (χ3v) is 6.70. The second-order valence-electron chi connectivity index (χ2n) is 6.37. The van der Waals surface area contributed by atoms with Crippen LogP contribution in [0.15, 0.2) is 115 Å². The standard InChI is InChI=1S/C18H15P.C8H8O/c1-4-10-16(11-5-1)19(17-12-6-2-7-13-17)18-14-8-3-9-15-18;1-7-2-4-8(6-9)5-3-7/h1-15H;2-6H,1H3. The highest BCUT2D eigenvalue weighted by Gasteiger charge is 2.14. The highest BCUT2D eigenvalue weighted by molar-refractivity contribution is 7.79. The maximum atomic E-state index is 10.1. The van der Waals surface area contributed by atoms with Gasteiger partial charge >= 0.3 is 0 Å². The van der Waals surface area contributed by atoms with Crippen molar-refractivity contribution in [1.29, 1.82) is 0 Å². The summed E-state index contributed by atoms with van der Waals surface area (Å²) in [4.78, 5) is 10.1. The summed E-state index contributed by atoms with van der Waals surface area (Å²) in [6.07, 6.45) is 0.847. The van der Waals surface area contributed by atoms with Crippen molar-refractivity contribution in [3.05, 3.63) is 126 Å². The Kier molecular flexibility index (Phi) is 7.29. The fourth-order valence-electron chi connectivity index (χ4n) is 2.82. The maximum absolute atomic E-state index is 10.1. The molecule has 4 aromatic carbocycles. The van der Waals surface area contributed by atoms with Gasteiger partial charge in [-0.1, -0.05) is 121 Å². The highest BCUT2D eigenvalue weighted by Crippen LogP contribution is 2.32. The first kappa shape index (κ1) is 19.7. The highest BCUT2D eigenvalue weighted by atomic mass is 31.1. The van der Waals surface area contributed by atoms with Gasteiger partial charge in [-0.25, -0.2) is 0 Å². The van der Waals surface area contributed by atoms with E-state index in [0.717, 1.165) is 11.8 Å². The van der Waals surface area contributed by atoms with Crippen molar-refractivity contribution in [1.82, 2.24) is 0 Å². The number of aryl methyl sites for hydroxylation is 1. The number of carbonyl (C=O) groups is 1. The van der Waals surface area contributed by atoms with Crippen LogP contribution in [0.4, 0.5) is 0 Å². The molecule has 2 heteroatoms. The normalized spacial score (nSPS) is 10.1. The molecule has 0 spiro atoms. The summed E-state index contributed by atoms with van der Waals surface area (Å²) in [6.45, 7) is 1.99. The molecule has 0 atom stereocenters. The van der Waals surface area contributed by atoms with Gasteiger partial charge in [-0.15, -0.1) is 0 Å². The first-order valence-electron chi connectivity index (χ1n) is 9.25. The molecule has 0 saturated heterocycles. The average Bonchev–Trinajstić information content (AvgIpc) is 2.77. The third-order valence-electron chi connectivity index (χ3n) is 4.26. The zero-order chi connectivity index (χ0) is 19.6. The second-order valence-corrected chi connectivity index (χ2v) is 8.59. The molecule has 0 aliphatic carbocycles. The van der Waals surface area contributed by atoms with E-state index in [9.17, 15) is 4.79 Å². The number of hydrogen-bond acceptors (Lipinski definition) is 1. The van der Waals surface area contributed by atoms with Crippen molar-refractivity contribution < 1.29 is 4.79 Å². The molecule has 0 fully saturated rings. The van der Waals surface area contributed by atoms with Crippen LogP contribution >= 0.6 is 7.92 Å². The van der Waals surface area contributed by atoms with Crippen LogP contribution in [0, 0.1) is 6.92 Å². The Hall–Kier alpha value is -3.02. The summed E-state index contributed by atoms with van der Waals surface area (Å²) in [5.41, 5.74) is 1.92. The van der Waals surface area contributed by atoms with Gasteiger partial charge in [0.05, 0.1) is 0 Å². The number of aldehydes is 1. The SMILES string of the molecule is Cc1ccc(C=O)cc1.c1ccc(P(c2ccccc2)c2ccccc2)cc1. The smallest absolute Gasteiger partial charge is 0.150 e. The number of carbonyl (C=O) groups excluding carboxylic acids is 1. The number of rotatable bonds is 4. The monoisotopic (exact) mass is 382 g/mol. The van der Waals surface area contributed by atoms with Crippen LogP contribution < -0.4 is 15.9 Å². The van der Waals surface area contributed by atoms with Crippen molar-refractivity contribution in [2.45, 2.75) is 6.92 Å². The van der Waals surface area contributed by atoms with Crippen molar-refractivity contribution in [2.24, 2.45) is 0 Å². The Morgan fingerprint density at radius 2 is 0.893 bits per heavy atom. The van der Waals surface area contributed by atoms with Crippen LogP contribution in [-0.4, -0.2) is 6.29 Å². The van der Waals surface area contributed by atoms with Crippen LogP contribution in [-0.2, 0) is 0 Å². The summed E-state index contributed by atoms with van der Waals surface area (Å²) in [5, 5.41) is 4.19. The van der Waals surface area contributed by atoms with E-state index in [-0.39, 0.29) is 0 Å². The van der Waals surface area contributed by atoms with Crippen molar-refractivity contribution in [3.8, 4) is 0 Å². The van der Waals surface area contributed by atoms with E-state index in [0.29, 0.717) is 0 Å². The molecular formula is C26H23OP. The molecule has 0 aromatic heterocycles. The van der Waals surface area contributed by atoms with Crippen LogP contribution in [0.25, 0.3) is 0 Å². The third kappa shape index (κ3) is 5.49. The Morgan fingerprint density at radius 3 is 1.21 bits per heavy atom. The lowest BCUT2D eigenvalue weighted by Gasteiger charge is -2.18. The van der Waals surface area contributed by atoms with Crippen LogP contribution in [0.2, 0.25) is 0 Å². The molecule has 4 aromatic rings. The summed E-state index contributed by atoms with van der Waals surface area (Å²) < 4.78 is 0. The minimum absolute atomic E-state index is 0.446. The molecule has 28 heavy (non-hydrogen) atoms. The molecule has 0 amide bonds. The van der Waals surface area contributed by atoms with Gasteiger partial charge in [0, 0.05) is 5.56 Å². The Bertz CT molecular complexity index is 871. The lowest BCUT2D eigenvalue weighted by molar-refractivity contribution is 0.112. The Balaban J connectivity index is 0.000000211. The molecule has 0 bridgehead atoms. The van der Waals surface area contributed by atoms with Gasteiger partial charge in [-0.3, -0.25) is 4.79 Å². The molecule has 0 saturated carbocycles. The molecular weight excluding hydrogens is 359 g/mol. The summed E-state index contributed by atoms with van der Waals surface area (Å²) in [5.74, 6) is 0. The lowest BCUT2D eigenvalue weighted by atomic mass is 10.2. The first-order chi connectivity index (χ1) is 13.8. The number of hydrogen-bond donors (Lipinski definition) is 0. The van der Waals surface area contributed by atoms with Crippen LogP contribution in [0.3, 0.4) is 0 Å². The Morgan fingerprint density at radius 1 is 0.536 bits per heavy atom. The molecule has 138 valence electrons. The Labute approximate surface area is 168 Å². The molecule has 0 aliphatic rings. The topological polar surface area (TPSA) is 17.1 Å². The molecule has 0 radical (unpaired) electrons. The fourth-order valence-corrected chi connectivity index (χ4v) is 5.13. The fraction of sp³-hybridized carbons (Fsp3) is 0.0385. The predicted octanol–water partition coefficient (Wildman–Crippen LogP) is 5.25. The van der Waals surface area contributed by atoms with Gasteiger partial charge in [0.2, 0.25) is 0 Å². The van der Waals surface area contributed by atoms with Gasteiger partial charge in [-0.2, -0.15) is 0 Å². The van der Waals surface area contributed by atoms with E-state index in [1.807, 2.05) is 31.2 Å². The maximum Gasteiger partial charge on any atom is 0.150 e. The van der Waals surface area contributed by atoms with Crippen LogP contribution in [0.1, 0.15) is 15.9 Å². The molecule has 1 nitrogen and oxygen atoms in total. The number of benzene rings is 4. The molecule has 0 aliphatic heterocycles. The largest absolute Gasteiger partial charge is 0.298 e. The summed E-state index contributed by atoms with van der Waals surface area (Å²) in [7, 11) is -0.446. The van der Waals surface area contributed by atoms with E-state index < -0.39 is 7.92 Å².